The molecule has 0 spiro atoms. The Kier molecular flexibility index (Phi) is 12.0. The predicted molar refractivity (Wildman–Crippen MR) is 209 cm³/mol. The van der Waals surface area contributed by atoms with Crippen LogP contribution < -0.4 is 16.0 Å². The number of hydrogen-bond acceptors (Lipinski definition) is 7. The zero-order valence-corrected chi connectivity index (χ0v) is 30.5. The van der Waals surface area contributed by atoms with Crippen LogP contribution in [-0.2, 0) is 27.2 Å². The number of carbonyl (C=O) groups excluding carboxylic acids is 4. The molecular formula is C42H39N3O5S2. The van der Waals surface area contributed by atoms with Gasteiger partial charge in [0.25, 0.3) is 11.8 Å². The van der Waals surface area contributed by atoms with E-state index in [1.54, 1.807) is 62.4 Å². The van der Waals surface area contributed by atoms with E-state index in [0.29, 0.717) is 27.7 Å². The Labute approximate surface area is 311 Å². The van der Waals surface area contributed by atoms with Gasteiger partial charge in [0.15, 0.2) is 0 Å². The molecule has 6 rings (SSSR count). The van der Waals surface area contributed by atoms with E-state index in [1.165, 1.54) is 28.7 Å². The van der Waals surface area contributed by atoms with Crippen LogP contribution >= 0.6 is 23.1 Å². The summed E-state index contributed by atoms with van der Waals surface area (Å²) in [6.45, 7) is 3.82. The molecule has 0 saturated carbocycles. The SMILES string of the molecule is CCOC(=O)c1c(NC(=O)C(C)Sc2cccc(NC(=O)/C(=C/c3ccccc3)NC(=O)c3ccccc3)c2)sc2c1CCC(c1ccccc1)C2. The number of esters is 1. The van der Waals surface area contributed by atoms with E-state index < -0.39 is 23.0 Å². The summed E-state index contributed by atoms with van der Waals surface area (Å²) < 4.78 is 5.43. The number of hydrogen-bond donors (Lipinski definition) is 3. The van der Waals surface area contributed by atoms with Crippen molar-refractivity contribution in [3.63, 3.8) is 0 Å². The lowest BCUT2D eigenvalue weighted by atomic mass is 9.83. The van der Waals surface area contributed by atoms with Gasteiger partial charge >= 0.3 is 5.97 Å². The first-order valence-electron chi connectivity index (χ1n) is 17.2. The molecule has 2 unspecified atom stereocenters. The lowest BCUT2D eigenvalue weighted by molar-refractivity contribution is -0.115. The standard InChI is InChI=1S/C42H39N3O5S2/c1-3-50-42(49)37-34-23-22-31(29-16-9-5-10-17-29)25-36(34)52-41(37)45-38(46)27(2)51-33-21-13-20-32(26-33)43-40(48)35(24-28-14-7-4-8-15-28)44-39(47)30-18-11-6-12-19-30/h4-21,24,26-27,31H,3,22-23,25H2,1-2H3,(H,43,48)(H,44,47)(H,45,46)/b35-24-. The Morgan fingerprint density at radius 3 is 2.29 bits per heavy atom. The van der Waals surface area contributed by atoms with Gasteiger partial charge in [0.2, 0.25) is 5.91 Å². The van der Waals surface area contributed by atoms with Crippen LogP contribution in [0.15, 0.2) is 126 Å². The van der Waals surface area contributed by atoms with Gasteiger partial charge in [-0.3, -0.25) is 14.4 Å². The smallest absolute Gasteiger partial charge is 0.341 e. The summed E-state index contributed by atoms with van der Waals surface area (Å²) in [5.41, 5.74) is 4.45. The van der Waals surface area contributed by atoms with Crippen molar-refractivity contribution in [3.05, 3.63) is 154 Å². The number of rotatable bonds is 12. The van der Waals surface area contributed by atoms with Gasteiger partial charge in [0.1, 0.15) is 10.7 Å². The quantitative estimate of drug-likeness (QED) is 0.0673. The fraction of sp³-hybridized carbons (Fsp3) is 0.190. The van der Waals surface area contributed by atoms with Crippen molar-refractivity contribution in [2.75, 3.05) is 17.2 Å². The third-order valence-electron chi connectivity index (χ3n) is 8.67. The molecule has 0 radical (unpaired) electrons. The van der Waals surface area contributed by atoms with E-state index in [0.717, 1.165) is 40.2 Å². The number of amides is 3. The average Bonchev–Trinajstić information content (AvgIpc) is 3.53. The van der Waals surface area contributed by atoms with Crippen molar-refractivity contribution < 1.29 is 23.9 Å². The highest BCUT2D eigenvalue weighted by Gasteiger charge is 2.31. The molecule has 2 atom stereocenters. The Bertz CT molecular complexity index is 2080. The highest BCUT2D eigenvalue weighted by molar-refractivity contribution is 8.00. The van der Waals surface area contributed by atoms with Crippen LogP contribution in [0.5, 0.6) is 0 Å². The molecule has 5 aromatic rings. The fourth-order valence-electron chi connectivity index (χ4n) is 6.08. The molecule has 0 aliphatic heterocycles. The third-order valence-corrected chi connectivity index (χ3v) is 10.9. The number of nitrogens with one attached hydrogen (secondary N) is 3. The van der Waals surface area contributed by atoms with Crippen LogP contribution in [0.25, 0.3) is 6.08 Å². The molecule has 8 nitrogen and oxygen atoms in total. The third kappa shape index (κ3) is 9.06. The number of ether oxygens (including phenoxy) is 1. The summed E-state index contributed by atoms with van der Waals surface area (Å²) in [4.78, 5) is 55.2. The Hall–Kier alpha value is -5.45. The van der Waals surface area contributed by atoms with Crippen LogP contribution in [0.2, 0.25) is 0 Å². The Balaban J connectivity index is 1.15. The molecule has 264 valence electrons. The molecule has 52 heavy (non-hydrogen) atoms. The highest BCUT2D eigenvalue weighted by Crippen LogP contribution is 2.43. The summed E-state index contributed by atoms with van der Waals surface area (Å²) in [7, 11) is 0. The van der Waals surface area contributed by atoms with Gasteiger partial charge in [-0.1, -0.05) is 84.9 Å². The van der Waals surface area contributed by atoms with Crippen molar-refractivity contribution >= 4 is 63.6 Å². The van der Waals surface area contributed by atoms with Crippen molar-refractivity contribution in [1.82, 2.24) is 5.32 Å². The number of benzene rings is 4. The van der Waals surface area contributed by atoms with E-state index in [1.807, 2.05) is 60.7 Å². The second kappa shape index (κ2) is 17.2. The number of thioether (sulfide) groups is 1. The highest BCUT2D eigenvalue weighted by atomic mass is 32.2. The van der Waals surface area contributed by atoms with Gasteiger partial charge in [-0.15, -0.1) is 23.1 Å². The molecule has 1 aromatic heterocycles. The molecule has 0 saturated heterocycles. The summed E-state index contributed by atoms with van der Waals surface area (Å²) in [6, 6.07) is 35.5. The van der Waals surface area contributed by atoms with Crippen molar-refractivity contribution in [1.29, 1.82) is 0 Å². The predicted octanol–water partition coefficient (Wildman–Crippen LogP) is 8.73. The largest absolute Gasteiger partial charge is 0.462 e. The zero-order valence-electron chi connectivity index (χ0n) is 28.9. The molecule has 10 heteroatoms. The average molecular weight is 730 g/mol. The summed E-state index contributed by atoms with van der Waals surface area (Å²) in [5.74, 6) is -1.23. The van der Waals surface area contributed by atoms with Crippen molar-refractivity contribution in [3.8, 4) is 0 Å². The summed E-state index contributed by atoms with van der Waals surface area (Å²) in [5, 5.41) is 8.67. The molecule has 1 aliphatic carbocycles. The van der Waals surface area contributed by atoms with Gasteiger partial charge in [0.05, 0.1) is 17.4 Å². The van der Waals surface area contributed by atoms with E-state index >= 15 is 0 Å². The summed E-state index contributed by atoms with van der Waals surface area (Å²) in [6.07, 6.45) is 4.06. The van der Waals surface area contributed by atoms with Gasteiger partial charge in [-0.2, -0.15) is 0 Å². The topological polar surface area (TPSA) is 114 Å². The molecule has 4 aromatic carbocycles. The maximum Gasteiger partial charge on any atom is 0.341 e. The van der Waals surface area contributed by atoms with Crippen LogP contribution in [-0.4, -0.2) is 35.5 Å². The first-order chi connectivity index (χ1) is 25.3. The van der Waals surface area contributed by atoms with E-state index in [-0.39, 0.29) is 18.2 Å². The zero-order chi connectivity index (χ0) is 36.5. The maximum absolute atomic E-state index is 13.6. The Morgan fingerprint density at radius 1 is 0.885 bits per heavy atom. The minimum absolute atomic E-state index is 0.0805. The van der Waals surface area contributed by atoms with Gasteiger partial charge in [0, 0.05) is 21.0 Å². The van der Waals surface area contributed by atoms with Crippen LogP contribution in [0, 0.1) is 0 Å². The first-order valence-corrected chi connectivity index (χ1v) is 18.9. The lowest BCUT2D eigenvalue weighted by Gasteiger charge is -2.23. The number of thiophene rings is 1. The van der Waals surface area contributed by atoms with Gasteiger partial charge in [-0.05, 0) is 92.1 Å². The van der Waals surface area contributed by atoms with Crippen molar-refractivity contribution in [2.24, 2.45) is 0 Å². The normalized spacial score (nSPS) is 14.4. The first kappa shape index (κ1) is 36.3. The second-order valence-electron chi connectivity index (χ2n) is 12.3. The molecule has 1 aliphatic rings. The minimum atomic E-state index is -0.532. The number of anilines is 2. The molecule has 1 heterocycles. The fourth-order valence-corrected chi connectivity index (χ4v) is 8.32. The monoisotopic (exact) mass is 729 g/mol. The van der Waals surface area contributed by atoms with Crippen LogP contribution in [0.1, 0.15) is 68.5 Å². The minimum Gasteiger partial charge on any atom is -0.462 e. The van der Waals surface area contributed by atoms with Gasteiger partial charge < -0.3 is 20.7 Å². The lowest BCUT2D eigenvalue weighted by Crippen LogP contribution is -2.30. The molecule has 0 bridgehead atoms. The maximum atomic E-state index is 13.6. The van der Waals surface area contributed by atoms with E-state index in [2.05, 4.69) is 28.1 Å². The Morgan fingerprint density at radius 2 is 1.58 bits per heavy atom. The van der Waals surface area contributed by atoms with Crippen LogP contribution in [0.3, 0.4) is 0 Å². The molecule has 3 N–H and O–H groups in total. The number of fused-ring (bicyclic) bond motifs is 1. The summed E-state index contributed by atoms with van der Waals surface area (Å²) >= 11 is 2.79. The van der Waals surface area contributed by atoms with E-state index in [4.69, 9.17) is 4.74 Å². The van der Waals surface area contributed by atoms with Gasteiger partial charge in [-0.25, -0.2) is 4.79 Å². The van der Waals surface area contributed by atoms with Crippen molar-refractivity contribution in [2.45, 2.75) is 49.2 Å². The second-order valence-corrected chi connectivity index (χ2v) is 14.8. The molecule has 0 fully saturated rings. The molecular weight excluding hydrogens is 691 g/mol. The molecule has 3 amide bonds. The van der Waals surface area contributed by atoms with E-state index in [9.17, 15) is 19.2 Å². The van der Waals surface area contributed by atoms with Crippen LogP contribution in [0.4, 0.5) is 10.7 Å². The number of carbonyl (C=O) groups is 4.